The number of anilines is 1. The van der Waals surface area contributed by atoms with Crippen LogP contribution in [0.3, 0.4) is 0 Å². The van der Waals surface area contributed by atoms with E-state index >= 15 is 0 Å². The lowest BCUT2D eigenvalue weighted by atomic mass is 9.86. The first kappa shape index (κ1) is 25.5. The lowest BCUT2D eigenvalue weighted by molar-refractivity contribution is -0.113. The highest BCUT2D eigenvalue weighted by Gasteiger charge is 2.26. The molecule has 0 bridgehead atoms. The zero-order valence-corrected chi connectivity index (χ0v) is 21.8. The van der Waals surface area contributed by atoms with Crippen LogP contribution in [0, 0.1) is 23.1 Å². The first-order valence-electron chi connectivity index (χ1n) is 11.4. The van der Waals surface area contributed by atoms with Crippen molar-refractivity contribution < 1.29 is 13.9 Å². The summed E-state index contributed by atoms with van der Waals surface area (Å²) in [7, 11) is 0. The summed E-state index contributed by atoms with van der Waals surface area (Å²) in [6.07, 6.45) is 4.09. The van der Waals surface area contributed by atoms with Gasteiger partial charge in [-0.25, -0.2) is 4.39 Å². The molecule has 1 unspecified atom stereocenters. The van der Waals surface area contributed by atoms with Crippen molar-refractivity contribution in [2.45, 2.75) is 57.8 Å². The maximum atomic E-state index is 13.3. The van der Waals surface area contributed by atoms with Gasteiger partial charge in [-0.3, -0.25) is 4.79 Å². The first-order valence-corrected chi connectivity index (χ1v) is 13.6. The van der Waals surface area contributed by atoms with Gasteiger partial charge < -0.3 is 14.6 Å². The molecule has 0 aliphatic heterocycles. The van der Waals surface area contributed by atoms with Gasteiger partial charge in [-0.1, -0.05) is 36.7 Å². The topological polar surface area (TPSA) is 92.8 Å². The predicted octanol–water partition coefficient (Wildman–Crippen LogP) is 5.85. The molecule has 184 valence electrons. The van der Waals surface area contributed by atoms with Crippen molar-refractivity contribution in [1.29, 1.82) is 5.26 Å². The van der Waals surface area contributed by atoms with E-state index in [2.05, 4.69) is 28.5 Å². The van der Waals surface area contributed by atoms with E-state index in [4.69, 9.17) is 16.3 Å². The number of halogens is 2. The monoisotopic (exact) mass is 533 g/mol. The number of carbonyl (C=O) groups excluding carboxylic acids is 1. The number of benzene rings is 1. The van der Waals surface area contributed by atoms with Crippen LogP contribution < -0.4 is 10.1 Å². The van der Waals surface area contributed by atoms with Crippen molar-refractivity contribution in [3.8, 4) is 11.8 Å². The fraction of sp³-hybridized carbons (Fsp3) is 0.417. The highest BCUT2D eigenvalue weighted by atomic mass is 35.5. The molecule has 0 fully saturated rings. The lowest BCUT2D eigenvalue weighted by Gasteiger charge is -2.20. The molecule has 2 heterocycles. The van der Waals surface area contributed by atoms with Gasteiger partial charge in [0.1, 0.15) is 29.2 Å². The normalized spacial score (nSPS) is 14.9. The minimum Gasteiger partial charge on any atom is -0.486 e. The Bertz CT molecular complexity index is 1270. The van der Waals surface area contributed by atoms with Gasteiger partial charge in [0.15, 0.2) is 11.0 Å². The van der Waals surface area contributed by atoms with Crippen LogP contribution in [0.5, 0.6) is 5.75 Å². The zero-order chi connectivity index (χ0) is 24.9. The number of amides is 1. The predicted molar refractivity (Wildman–Crippen MR) is 136 cm³/mol. The summed E-state index contributed by atoms with van der Waals surface area (Å²) in [5, 5.41) is 22.2. The van der Waals surface area contributed by atoms with Gasteiger partial charge in [0, 0.05) is 17.5 Å². The largest absolute Gasteiger partial charge is 0.486 e. The molecule has 1 aromatic carbocycles. The fourth-order valence-electron chi connectivity index (χ4n) is 4.07. The standard InChI is InChI=1S/C24H25ClFN5O2S2/c1-3-14-5-7-16-17(11-27)23(35-20(16)9-14)28-22(32)13-34-24-30-29-21(31(24)4-2)12-33-15-6-8-19(26)18(25)10-15/h6,8,10,14H,3-5,7,9,12-13H2,1-2H3,(H,28,32). The van der Waals surface area contributed by atoms with Gasteiger partial charge in [0.2, 0.25) is 5.91 Å². The second-order valence-corrected chi connectivity index (χ2v) is 10.6. The summed E-state index contributed by atoms with van der Waals surface area (Å²) >= 11 is 8.60. The minimum absolute atomic E-state index is 0.0157. The molecule has 1 N–H and O–H groups in total. The fourth-order valence-corrected chi connectivity index (χ4v) is 6.39. The Morgan fingerprint density at radius 2 is 2.26 bits per heavy atom. The SMILES string of the molecule is CCC1CCc2c(sc(NC(=O)CSc3nnc(COc4ccc(F)c(Cl)c4)n3CC)c2C#N)C1. The molecule has 1 aliphatic rings. The van der Waals surface area contributed by atoms with Crippen LogP contribution >= 0.6 is 34.7 Å². The smallest absolute Gasteiger partial charge is 0.235 e. The molecule has 1 amide bonds. The van der Waals surface area contributed by atoms with Gasteiger partial charge in [0.05, 0.1) is 16.3 Å². The summed E-state index contributed by atoms with van der Waals surface area (Å²) in [4.78, 5) is 13.9. The van der Waals surface area contributed by atoms with Crippen LogP contribution in [0.1, 0.15) is 48.5 Å². The summed E-state index contributed by atoms with van der Waals surface area (Å²) in [5.74, 6) is 1.08. The third-order valence-corrected chi connectivity index (χ3v) is 8.44. The van der Waals surface area contributed by atoms with E-state index in [9.17, 15) is 14.4 Å². The number of hydrogen-bond acceptors (Lipinski definition) is 7. The Labute approximate surface area is 216 Å². The number of carbonyl (C=O) groups is 1. The quantitative estimate of drug-likeness (QED) is 0.347. The Hall–Kier alpha value is -2.61. The number of fused-ring (bicyclic) bond motifs is 1. The van der Waals surface area contributed by atoms with E-state index in [0.717, 1.165) is 31.2 Å². The number of rotatable bonds is 9. The van der Waals surface area contributed by atoms with E-state index in [1.807, 2.05) is 11.5 Å². The van der Waals surface area contributed by atoms with Gasteiger partial charge in [-0.2, -0.15) is 5.26 Å². The van der Waals surface area contributed by atoms with Crippen molar-refractivity contribution in [2.24, 2.45) is 5.92 Å². The molecule has 11 heteroatoms. The minimum atomic E-state index is -0.512. The van der Waals surface area contributed by atoms with E-state index in [1.165, 1.54) is 46.2 Å². The summed E-state index contributed by atoms with van der Waals surface area (Å²) in [6.45, 7) is 4.86. The van der Waals surface area contributed by atoms with Crippen molar-refractivity contribution in [1.82, 2.24) is 14.8 Å². The number of nitrogens with one attached hydrogen (secondary N) is 1. The van der Waals surface area contributed by atoms with Gasteiger partial charge in [0.25, 0.3) is 0 Å². The summed E-state index contributed by atoms with van der Waals surface area (Å²) < 4.78 is 20.9. The number of thiophene rings is 1. The molecule has 0 spiro atoms. The average molecular weight is 534 g/mol. The molecule has 0 saturated heterocycles. The van der Waals surface area contributed by atoms with Crippen molar-refractivity contribution >= 4 is 45.6 Å². The summed E-state index contributed by atoms with van der Waals surface area (Å²) in [5.41, 5.74) is 1.71. The molecule has 0 radical (unpaired) electrons. The van der Waals surface area contributed by atoms with Crippen LogP contribution in [-0.2, 0) is 30.8 Å². The van der Waals surface area contributed by atoms with E-state index < -0.39 is 5.82 Å². The number of aromatic nitrogens is 3. The van der Waals surface area contributed by atoms with Crippen LogP contribution in [0.25, 0.3) is 0 Å². The van der Waals surface area contributed by atoms with Crippen LogP contribution in [-0.4, -0.2) is 26.4 Å². The molecule has 35 heavy (non-hydrogen) atoms. The molecule has 1 aliphatic carbocycles. The highest BCUT2D eigenvalue weighted by Crippen LogP contribution is 2.40. The number of thioether (sulfide) groups is 1. The van der Waals surface area contributed by atoms with Gasteiger partial charge in [-0.05, 0) is 49.8 Å². The van der Waals surface area contributed by atoms with Crippen LogP contribution in [0.2, 0.25) is 5.02 Å². The molecule has 0 saturated carbocycles. The van der Waals surface area contributed by atoms with Crippen molar-refractivity contribution in [3.05, 3.63) is 50.9 Å². The molecular formula is C24H25ClFN5O2S2. The maximum Gasteiger partial charge on any atom is 0.235 e. The second-order valence-electron chi connectivity index (χ2n) is 8.18. The molecular weight excluding hydrogens is 509 g/mol. The van der Waals surface area contributed by atoms with Crippen molar-refractivity contribution in [3.63, 3.8) is 0 Å². The van der Waals surface area contributed by atoms with Crippen LogP contribution in [0.4, 0.5) is 9.39 Å². The number of hydrogen-bond donors (Lipinski definition) is 1. The van der Waals surface area contributed by atoms with Gasteiger partial charge in [-0.15, -0.1) is 21.5 Å². The molecule has 3 aromatic rings. The van der Waals surface area contributed by atoms with Crippen molar-refractivity contribution in [2.75, 3.05) is 11.1 Å². The molecule has 1 atom stereocenters. The number of nitrogens with zero attached hydrogens (tertiary/aromatic N) is 4. The Balaban J connectivity index is 1.37. The lowest BCUT2D eigenvalue weighted by Crippen LogP contribution is -2.15. The number of nitriles is 1. The zero-order valence-electron chi connectivity index (χ0n) is 19.4. The molecule has 4 rings (SSSR count). The Kier molecular flexibility index (Phi) is 8.31. The second kappa shape index (κ2) is 11.4. The Morgan fingerprint density at radius 1 is 1.43 bits per heavy atom. The third-order valence-electron chi connectivity index (χ3n) is 6.01. The highest BCUT2D eigenvalue weighted by molar-refractivity contribution is 7.99. The Morgan fingerprint density at radius 3 is 2.97 bits per heavy atom. The van der Waals surface area contributed by atoms with Gasteiger partial charge >= 0.3 is 0 Å². The maximum absolute atomic E-state index is 13.3. The molecule has 7 nitrogen and oxygen atoms in total. The molecule has 2 aromatic heterocycles. The summed E-state index contributed by atoms with van der Waals surface area (Å²) in [6, 6.07) is 6.43. The first-order chi connectivity index (χ1) is 16.9. The van der Waals surface area contributed by atoms with E-state index in [1.54, 1.807) is 0 Å². The third kappa shape index (κ3) is 5.80. The van der Waals surface area contributed by atoms with E-state index in [0.29, 0.717) is 39.8 Å². The number of ether oxygens (including phenoxy) is 1. The van der Waals surface area contributed by atoms with Crippen LogP contribution in [0.15, 0.2) is 23.4 Å². The average Bonchev–Trinajstić information content (AvgIpc) is 3.42. The van der Waals surface area contributed by atoms with E-state index in [-0.39, 0.29) is 23.3 Å².